The van der Waals surface area contributed by atoms with Crippen LogP contribution in [0, 0.1) is 6.92 Å². The van der Waals surface area contributed by atoms with Gasteiger partial charge in [0.25, 0.3) is 5.56 Å². The minimum atomic E-state index is -0.0389. The third-order valence-electron chi connectivity index (χ3n) is 4.39. The van der Waals surface area contributed by atoms with Crippen LogP contribution in [0.2, 0.25) is 0 Å². The van der Waals surface area contributed by atoms with Gasteiger partial charge in [0.15, 0.2) is 0 Å². The van der Waals surface area contributed by atoms with Gasteiger partial charge in [-0.25, -0.2) is 0 Å². The highest BCUT2D eigenvalue weighted by molar-refractivity contribution is 7.98. The summed E-state index contributed by atoms with van der Waals surface area (Å²) in [5.41, 5.74) is 3.97. The lowest BCUT2D eigenvalue weighted by molar-refractivity contribution is 0.226. The molecule has 1 aromatic heterocycles. The fraction of sp³-hybridized carbons (Fsp3) is 0.227. The van der Waals surface area contributed by atoms with Crippen molar-refractivity contribution in [3.05, 3.63) is 82.3 Å². The minimum absolute atomic E-state index is 0.0314. The fourth-order valence-electron chi connectivity index (χ4n) is 2.96. The third-order valence-corrected chi connectivity index (χ3v) is 5.10. The van der Waals surface area contributed by atoms with Gasteiger partial charge in [-0.3, -0.25) is 4.79 Å². The van der Waals surface area contributed by atoms with Crippen LogP contribution in [-0.2, 0) is 7.05 Å². The van der Waals surface area contributed by atoms with Crippen molar-refractivity contribution >= 4 is 11.8 Å². The predicted molar refractivity (Wildman–Crippen MR) is 109 cm³/mol. The Hall–Kier alpha value is -2.46. The number of hydrogen-bond acceptors (Lipinski definition) is 3. The maximum absolute atomic E-state index is 12.0. The molecule has 0 radical (unpaired) electrons. The molecule has 3 aromatic rings. The molecule has 3 rings (SSSR count). The SMILES string of the molecule is CSc1cc(OC(C)c2ccccc2)cc(-c2cc(C)c(=O)n(C)c2)c1. The number of aromatic nitrogens is 1. The number of aryl methyl sites for hydroxylation is 2. The van der Waals surface area contributed by atoms with Crippen LogP contribution < -0.4 is 10.3 Å². The van der Waals surface area contributed by atoms with E-state index in [1.165, 1.54) is 0 Å². The highest BCUT2D eigenvalue weighted by Gasteiger charge is 2.11. The Morgan fingerprint density at radius 1 is 1.04 bits per heavy atom. The predicted octanol–water partition coefficient (Wildman–Crippen LogP) is 5.22. The molecule has 0 fully saturated rings. The van der Waals surface area contributed by atoms with Gasteiger partial charge in [-0.15, -0.1) is 11.8 Å². The van der Waals surface area contributed by atoms with Crippen LogP contribution in [-0.4, -0.2) is 10.8 Å². The van der Waals surface area contributed by atoms with Crippen LogP contribution >= 0.6 is 11.8 Å². The Bertz CT molecular complexity index is 937. The first-order valence-corrected chi connectivity index (χ1v) is 9.78. The van der Waals surface area contributed by atoms with Crippen molar-refractivity contribution in [2.45, 2.75) is 24.8 Å². The average Bonchev–Trinajstić information content (AvgIpc) is 2.66. The number of hydrogen-bond donors (Lipinski definition) is 0. The van der Waals surface area contributed by atoms with Crippen LogP contribution in [0.4, 0.5) is 0 Å². The van der Waals surface area contributed by atoms with Gasteiger partial charge in [-0.1, -0.05) is 30.3 Å². The second kappa shape index (κ2) is 7.83. The van der Waals surface area contributed by atoms with E-state index in [2.05, 4.69) is 37.4 Å². The first-order valence-electron chi connectivity index (χ1n) is 8.56. The van der Waals surface area contributed by atoms with E-state index in [9.17, 15) is 4.79 Å². The van der Waals surface area contributed by atoms with E-state index in [0.717, 1.165) is 32.9 Å². The fourth-order valence-corrected chi connectivity index (χ4v) is 3.43. The van der Waals surface area contributed by atoms with Crippen LogP contribution in [0.15, 0.2) is 70.5 Å². The van der Waals surface area contributed by atoms with Crippen molar-refractivity contribution in [2.75, 3.05) is 6.26 Å². The largest absolute Gasteiger partial charge is 0.486 e. The van der Waals surface area contributed by atoms with Gasteiger partial charge in [0.1, 0.15) is 11.9 Å². The summed E-state index contributed by atoms with van der Waals surface area (Å²) in [6.07, 6.45) is 3.89. The Morgan fingerprint density at radius 3 is 2.42 bits per heavy atom. The third kappa shape index (κ3) is 4.02. The van der Waals surface area contributed by atoms with Gasteiger partial charge in [0, 0.05) is 23.7 Å². The van der Waals surface area contributed by atoms with Crippen LogP contribution in [0.1, 0.15) is 24.2 Å². The normalized spacial score (nSPS) is 12.0. The number of pyridine rings is 1. The number of rotatable bonds is 5. The molecule has 0 amide bonds. The lowest BCUT2D eigenvalue weighted by Crippen LogP contribution is -2.18. The molecule has 0 N–H and O–H groups in total. The molecule has 26 heavy (non-hydrogen) atoms. The smallest absolute Gasteiger partial charge is 0.253 e. The molecular weight excluding hydrogens is 342 g/mol. The van der Waals surface area contributed by atoms with E-state index in [1.54, 1.807) is 23.4 Å². The molecule has 1 heterocycles. The van der Waals surface area contributed by atoms with E-state index in [0.29, 0.717) is 0 Å². The van der Waals surface area contributed by atoms with E-state index < -0.39 is 0 Å². The van der Waals surface area contributed by atoms with Gasteiger partial charge in [0.05, 0.1) is 0 Å². The summed E-state index contributed by atoms with van der Waals surface area (Å²) in [5, 5.41) is 0. The molecule has 0 aliphatic heterocycles. The van der Waals surface area contributed by atoms with E-state index in [1.807, 2.05) is 43.5 Å². The molecule has 0 saturated carbocycles. The Balaban J connectivity index is 1.98. The zero-order chi connectivity index (χ0) is 18.7. The summed E-state index contributed by atoms with van der Waals surface area (Å²) >= 11 is 1.68. The molecule has 134 valence electrons. The van der Waals surface area contributed by atoms with Crippen molar-refractivity contribution < 1.29 is 4.74 Å². The van der Waals surface area contributed by atoms with Crippen molar-refractivity contribution in [3.63, 3.8) is 0 Å². The van der Waals surface area contributed by atoms with Crippen LogP contribution in [0.5, 0.6) is 5.75 Å². The standard InChI is InChI=1S/C22H23NO2S/c1-15-10-19(14-23(3)22(15)24)18-11-20(13-21(12-18)26-4)25-16(2)17-8-6-5-7-9-17/h5-14,16H,1-4H3. The Kier molecular flexibility index (Phi) is 5.52. The molecule has 2 aromatic carbocycles. The van der Waals surface area contributed by atoms with Crippen molar-refractivity contribution in [2.24, 2.45) is 7.05 Å². The summed E-state index contributed by atoms with van der Waals surface area (Å²) in [6.45, 7) is 3.90. The number of ether oxygens (including phenoxy) is 1. The first-order chi connectivity index (χ1) is 12.5. The second-order valence-electron chi connectivity index (χ2n) is 6.40. The summed E-state index contributed by atoms with van der Waals surface area (Å²) in [4.78, 5) is 13.1. The molecule has 3 nitrogen and oxygen atoms in total. The van der Waals surface area contributed by atoms with Crippen LogP contribution in [0.3, 0.4) is 0 Å². The average molecular weight is 365 g/mol. The summed E-state index contributed by atoms with van der Waals surface area (Å²) in [6, 6.07) is 18.3. The van der Waals surface area contributed by atoms with E-state index in [-0.39, 0.29) is 11.7 Å². The van der Waals surface area contributed by atoms with Crippen LogP contribution in [0.25, 0.3) is 11.1 Å². The highest BCUT2D eigenvalue weighted by Crippen LogP contribution is 2.32. The molecule has 0 saturated heterocycles. The maximum Gasteiger partial charge on any atom is 0.253 e. The second-order valence-corrected chi connectivity index (χ2v) is 7.28. The molecule has 1 unspecified atom stereocenters. The summed E-state index contributed by atoms with van der Waals surface area (Å²) in [7, 11) is 1.78. The van der Waals surface area contributed by atoms with Crippen molar-refractivity contribution in [1.82, 2.24) is 4.57 Å². The zero-order valence-corrected chi connectivity index (χ0v) is 16.3. The zero-order valence-electron chi connectivity index (χ0n) is 15.5. The van der Waals surface area contributed by atoms with Gasteiger partial charge < -0.3 is 9.30 Å². The maximum atomic E-state index is 12.0. The molecule has 0 bridgehead atoms. The summed E-state index contributed by atoms with van der Waals surface area (Å²) in [5.74, 6) is 0.828. The number of thioether (sulfide) groups is 1. The Labute approximate surface area is 158 Å². The minimum Gasteiger partial charge on any atom is -0.486 e. The topological polar surface area (TPSA) is 31.2 Å². The number of nitrogens with zero attached hydrogens (tertiary/aromatic N) is 1. The molecule has 0 aliphatic carbocycles. The number of benzene rings is 2. The quantitative estimate of drug-likeness (QED) is 0.581. The van der Waals surface area contributed by atoms with Crippen molar-refractivity contribution in [1.29, 1.82) is 0 Å². The lowest BCUT2D eigenvalue weighted by Gasteiger charge is -2.17. The highest BCUT2D eigenvalue weighted by atomic mass is 32.2. The van der Waals surface area contributed by atoms with Crippen molar-refractivity contribution in [3.8, 4) is 16.9 Å². The van der Waals surface area contributed by atoms with Gasteiger partial charge in [-0.05, 0) is 61.1 Å². The lowest BCUT2D eigenvalue weighted by atomic mass is 10.1. The van der Waals surface area contributed by atoms with E-state index >= 15 is 0 Å². The monoisotopic (exact) mass is 365 g/mol. The van der Waals surface area contributed by atoms with Gasteiger partial charge >= 0.3 is 0 Å². The molecule has 0 spiro atoms. The molecule has 1 atom stereocenters. The summed E-state index contributed by atoms with van der Waals surface area (Å²) < 4.78 is 7.84. The molecular formula is C22H23NO2S. The Morgan fingerprint density at radius 2 is 1.77 bits per heavy atom. The molecule has 0 aliphatic rings. The van der Waals surface area contributed by atoms with Gasteiger partial charge in [-0.2, -0.15) is 0 Å². The van der Waals surface area contributed by atoms with E-state index in [4.69, 9.17) is 4.74 Å². The molecule has 4 heteroatoms. The first kappa shape index (κ1) is 18.3. The van der Waals surface area contributed by atoms with Gasteiger partial charge in [0.2, 0.25) is 0 Å².